The highest BCUT2D eigenvalue weighted by molar-refractivity contribution is 9.10. The van der Waals surface area contributed by atoms with Crippen molar-refractivity contribution >= 4 is 21.8 Å². The predicted molar refractivity (Wildman–Crippen MR) is 80.8 cm³/mol. The van der Waals surface area contributed by atoms with Crippen LogP contribution in [0.25, 0.3) is 0 Å². The quantitative estimate of drug-likeness (QED) is 0.831. The monoisotopic (exact) mass is 349 g/mol. The molecule has 1 aliphatic rings. The highest BCUT2D eigenvalue weighted by atomic mass is 79.9. The van der Waals surface area contributed by atoms with Crippen molar-refractivity contribution in [2.24, 2.45) is 7.05 Å². The minimum absolute atomic E-state index is 0.0330. The molecule has 7 heteroatoms. The van der Waals surface area contributed by atoms with Crippen LogP contribution in [0.15, 0.2) is 29.1 Å². The van der Waals surface area contributed by atoms with Gasteiger partial charge in [-0.3, -0.25) is 4.79 Å². The zero-order chi connectivity index (χ0) is 14.8. The van der Waals surface area contributed by atoms with E-state index in [2.05, 4.69) is 31.1 Å². The van der Waals surface area contributed by atoms with Crippen molar-refractivity contribution in [3.8, 4) is 0 Å². The van der Waals surface area contributed by atoms with Crippen LogP contribution in [0.3, 0.4) is 0 Å². The number of carbonyl (C=O) groups excluding carboxylic acids is 1. The summed E-state index contributed by atoms with van der Waals surface area (Å²) in [6.07, 6.45) is 5.33. The zero-order valence-electron chi connectivity index (χ0n) is 11.7. The first-order valence-electron chi connectivity index (χ1n) is 6.90. The molecule has 21 heavy (non-hydrogen) atoms. The van der Waals surface area contributed by atoms with Gasteiger partial charge in [-0.25, -0.2) is 4.98 Å². The third kappa shape index (κ3) is 2.83. The van der Waals surface area contributed by atoms with Gasteiger partial charge in [0.2, 0.25) is 0 Å². The van der Waals surface area contributed by atoms with Gasteiger partial charge in [0.05, 0.1) is 0 Å². The number of rotatable bonds is 2. The largest absolute Gasteiger partial charge is 0.337 e. The Morgan fingerprint density at radius 3 is 3.05 bits per heavy atom. The molecule has 2 aromatic heterocycles. The summed E-state index contributed by atoms with van der Waals surface area (Å²) in [5.41, 5.74) is 0.469. The molecule has 0 aliphatic carbocycles. The average Bonchev–Trinajstić information content (AvgIpc) is 2.93. The number of hydrogen-bond donors (Lipinski definition) is 0. The lowest BCUT2D eigenvalue weighted by molar-refractivity contribution is 0.0696. The Labute approximate surface area is 131 Å². The lowest BCUT2D eigenvalue weighted by Crippen LogP contribution is -2.40. The first-order chi connectivity index (χ1) is 10.2. The van der Waals surface area contributed by atoms with E-state index in [0.29, 0.717) is 12.2 Å². The second-order valence-corrected chi connectivity index (χ2v) is 6.08. The van der Waals surface area contributed by atoms with Gasteiger partial charge in [0, 0.05) is 36.7 Å². The van der Waals surface area contributed by atoms with E-state index in [1.54, 1.807) is 18.6 Å². The highest BCUT2D eigenvalue weighted by Gasteiger charge is 2.29. The van der Waals surface area contributed by atoms with E-state index in [1.165, 1.54) is 0 Å². The van der Waals surface area contributed by atoms with Crippen LogP contribution in [0.1, 0.15) is 35.1 Å². The predicted octanol–water partition coefficient (Wildman–Crippen LogP) is 1.99. The van der Waals surface area contributed by atoms with Crippen LogP contribution >= 0.6 is 15.9 Å². The molecule has 0 spiro atoms. The number of piperidine rings is 1. The van der Waals surface area contributed by atoms with Gasteiger partial charge in [-0.1, -0.05) is 0 Å². The summed E-state index contributed by atoms with van der Waals surface area (Å²) in [5.74, 6) is 1.14. The molecule has 6 nitrogen and oxygen atoms in total. The number of carbonyl (C=O) groups is 1. The SMILES string of the molecule is Cn1cnnc1C1CCCN(C(=O)c2ncccc2Br)C1. The molecule has 3 rings (SSSR count). The number of aryl methyl sites for hydroxylation is 1. The van der Waals surface area contributed by atoms with Crippen LogP contribution in [0.5, 0.6) is 0 Å². The van der Waals surface area contributed by atoms with E-state index >= 15 is 0 Å². The minimum Gasteiger partial charge on any atom is -0.337 e. The van der Waals surface area contributed by atoms with E-state index in [4.69, 9.17) is 0 Å². The van der Waals surface area contributed by atoms with Gasteiger partial charge >= 0.3 is 0 Å². The number of likely N-dealkylation sites (tertiary alicyclic amines) is 1. The maximum absolute atomic E-state index is 12.6. The molecule has 110 valence electrons. The first-order valence-corrected chi connectivity index (χ1v) is 7.70. The molecule has 0 aromatic carbocycles. The Morgan fingerprint density at radius 2 is 2.33 bits per heavy atom. The molecule has 1 atom stereocenters. The number of pyridine rings is 1. The van der Waals surface area contributed by atoms with E-state index in [9.17, 15) is 4.79 Å². The highest BCUT2D eigenvalue weighted by Crippen LogP contribution is 2.26. The van der Waals surface area contributed by atoms with Crippen LogP contribution in [0.2, 0.25) is 0 Å². The van der Waals surface area contributed by atoms with E-state index < -0.39 is 0 Å². The zero-order valence-corrected chi connectivity index (χ0v) is 13.3. The maximum atomic E-state index is 12.6. The summed E-state index contributed by atoms with van der Waals surface area (Å²) in [6.45, 7) is 1.42. The Balaban J connectivity index is 1.79. The van der Waals surface area contributed by atoms with Crippen molar-refractivity contribution in [1.82, 2.24) is 24.6 Å². The average molecular weight is 350 g/mol. The third-order valence-corrected chi connectivity index (χ3v) is 4.42. The Kier molecular flexibility index (Phi) is 4.01. The summed E-state index contributed by atoms with van der Waals surface area (Å²) >= 11 is 3.39. The van der Waals surface area contributed by atoms with Gasteiger partial charge in [-0.05, 0) is 40.9 Å². The van der Waals surface area contributed by atoms with Gasteiger partial charge in [0.1, 0.15) is 17.8 Å². The molecule has 0 bridgehead atoms. The number of nitrogens with zero attached hydrogens (tertiary/aromatic N) is 5. The summed E-state index contributed by atoms with van der Waals surface area (Å²) in [7, 11) is 1.94. The van der Waals surface area contributed by atoms with Gasteiger partial charge in [0.15, 0.2) is 0 Å². The van der Waals surface area contributed by atoms with Gasteiger partial charge in [0.25, 0.3) is 5.91 Å². The molecule has 3 heterocycles. The van der Waals surface area contributed by atoms with E-state index in [0.717, 1.165) is 29.7 Å². The van der Waals surface area contributed by atoms with Gasteiger partial charge in [-0.15, -0.1) is 10.2 Å². The number of hydrogen-bond acceptors (Lipinski definition) is 4. The molecular formula is C14H16BrN5O. The molecule has 1 amide bonds. The summed E-state index contributed by atoms with van der Waals surface area (Å²) in [4.78, 5) is 18.7. The second-order valence-electron chi connectivity index (χ2n) is 5.22. The number of amides is 1. The summed E-state index contributed by atoms with van der Waals surface area (Å²) < 4.78 is 2.66. The fourth-order valence-electron chi connectivity index (χ4n) is 2.73. The standard InChI is InChI=1S/C14H16BrN5O/c1-19-9-17-18-13(19)10-4-3-7-20(8-10)14(21)12-11(15)5-2-6-16-12/h2,5-6,9-10H,3-4,7-8H2,1H3. The molecule has 0 N–H and O–H groups in total. The lowest BCUT2D eigenvalue weighted by atomic mass is 9.97. The number of halogens is 1. The fraction of sp³-hybridized carbons (Fsp3) is 0.429. The van der Waals surface area contributed by atoms with Crippen molar-refractivity contribution in [3.63, 3.8) is 0 Å². The maximum Gasteiger partial charge on any atom is 0.273 e. The molecule has 1 unspecified atom stereocenters. The first kappa shape index (κ1) is 14.2. The summed E-state index contributed by atoms with van der Waals surface area (Å²) in [5, 5.41) is 8.10. The topological polar surface area (TPSA) is 63.9 Å². The van der Waals surface area contributed by atoms with Crippen molar-refractivity contribution in [2.75, 3.05) is 13.1 Å². The number of aromatic nitrogens is 4. The normalized spacial score (nSPS) is 18.8. The van der Waals surface area contributed by atoms with Crippen LogP contribution in [-0.2, 0) is 7.05 Å². The van der Waals surface area contributed by atoms with Gasteiger partial charge < -0.3 is 9.47 Å². The Morgan fingerprint density at radius 1 is 1.48 bits per heavy atom. The molecule has 2 aromatic rings. The minimum atomic E-state index is -0.0330. The molecule has 1 saturated heterocycles. The van der Waals surface area contributed by atoms with E-state index in [-0.39, 0.29) is 11.8 Å². The van der Waals surface area contributed by atoms with Crippen LogP contribution in [-0.4, -0.2) is 43.6 Å². The Hall–Kier alpha value is -1.76. The molecule has 0 radical (unpaired) electrons. The van der Waals surface area contributed by atoms with Crippen LogP contribution in [0, 0.1) is 0 Å². The van der Waals surface area contributed by atoms with Crippen molar-refractivity contribution in [1.29, 1.82) is 0 Å². The third-order valence-electron chi connectivity index (χ3n) is 3.78. The molecular weight excluding hydrogens is 334 g/mol. The second kappa shape index (κ2) is 5.93. The van der Waals surface area contributed by atoms with Crippen LogP contribution < -0.4 is 0 Å². The molecule has 1 fully saturated rings. The van der Waals surface area contributed by atoms with Crippen molar-refractivity contribution in [3.05, 3.63) is 40.6 Å². The Bertz CT molecular complexity index is 656. The van der Waals surface area contributed by atoms with Crippen molar-refractivity contribution < 1.29 is 4.79 Å². The molecule has 1 aliphatic heterocycles. The van der Waals surface area contributed by atoms with Crippen molar-refractivity contribution in [2.45, 2.75) is 18.8 Å². The summed E-state index contributed by atoms with van der Waals surface area (Å²) in [6, 6.07) is 3.64. The fourth-order valence-corrected chi connectivity index (χ4v) is 3.15. The molecule has 0 saturated carbocycles. The van der Waals surface area contributed by atoms with Crippen LogP contribution in [0.4, 0.5) is 0 Å². The van der Waals surface area contributed by atoms with Gasteiger partial charge in [-0.2, -0.15) is 0 Å². The van der Waals surface area contributed by atoms with E-state index in [1.807, 2.05) is 22.6 Å². The lowest BCUT2D eigenvalue weighted by Gasteiger charge is -2.32. The smallest absolute Gasteiger partial charge is 0.273 e.